The van der Waals surface area contributed by atoms with E-state index in [1.165, 1.54) is 75.5 Å². The number of rotatable bonds is 22. The molecule has 0 radical (unpaired) electrons. The van der Waals surface area contributed by atoms with Gasteiger partial charge >= 0.3 is 0 Å². The van der Waals surface area contributed by atoms with Gasteiger partial charge in [0, 0.05) is 13.0 Å². The molecule has 1 atom stereocenters. The van der Waals surface area contributed by atoms with Gasteiger partial charge in [0.15, 0.2) is 30.0 Å². The van der Waals surface area contributed by atoms with Gasteiger partial charge in [0.05, 0.1) is 12.2 Å². The lowest BCUT2D eigenvalue weighted by atomic mass is 9.96. The van der Waals surface area contributed by atoms with E-state index in [1.807, 2.05) is 12.1 Å². The molecule has 0 saturated carbocycles. The van der Waals surface area contributed by atoms with Crippen molar-refractivity contribution in [2.45, 2.75) is 110 Å². The molecule has 4 rings (SSSR count). The first-order valence-electron chi connectivity index (χ1n) is 17.9. The van der Waals surface area contributed by atoms with Crippen LogP contribution in [0.4, 0.5) is 8.78 Å². The number of carbonyl (C=O) groups excluding carboxylic acids is 1. The van der Waals surface area contributed by atoms with Gasteiger partial charge in [0.25, 0.3) is 0 Å². The average Bonchev–Trinajstić information content (AvgIpc) is 3.10. The molecule has 1 unspecified atom stereocenters. The van der Waals surface area contributed by atoms with E-state index in [2.05, 4.69) is 19.1 Å². The Morgan fingerprint density at radius 3 is 2.10 bits per heavy atom. The number of benzene rings is 3. The Hall–Kier alpha value is -3.49. The summed E-state index contributed by atoms with van der Waals surface area (Å²) in [6, 6.07) is 13.6. The number of hydrogen-bond donors (Lipinski definition) is 1. The van der Waals surface area contributed by atoms with Gasteiger partial charge in [-0.25, -0.2) is 8.78 Å². The van der Waals surface area contributed by atoms with Gasteiger partial charge < -0.3 is 24.1 Å². The van der Waals surface area contributed by atoms with E-state index in [0.717, 1.165) is 19.3 Å². The number of unbranched alkanes of at least 4 members (excludes halogenated alkanes) is 8. The van der Waals surface area contributed by atoms with Crippen LogP contribution in [0.15, 0.2) is 48.5 Å². The predicted octanol–water partition coefficient (Wildman–Crippen LogP) is 9.81. The third kappa shape index (κ3) is 11.9. The van der Waals surface area contributed by atoms with Crippen molar-refractivity contribution in [2.24, 2.45) is 0 Å². The van der Waals surface area contributed by atoms with E-state index in [-0.39, 0.29) is 30.9 Å². The highest BCUT2D eigenvalue weighted by Crippen LogP contribution is 2.35. The minimum absolute atomic E-state index is 0.0384. The second-order valence-electron chi connectivity index (χ2n) is 12.6. The Morgan fingerprint density at radius 2 is 1.46 bits per heavy atom. The number of aryl methyl sites for hydroxylation is 2. The molecule has 262 valence electrons. The number of halogens is 2. The molecule has 1 aliphatic rings. The highest BCUT2D eigenvalue weighted by Gasteiger charge is 2.22. The Morgan fingerprint density at radius 1 is 0.792 bits per heavy atom. The first kappa shape index (κ1) is 37.3. The number of aliphatic hydroxyl groups excluding tert-OH is 1. The van der Waals surface area contributed by atoms with E-state index < -0.39 is 23.7 Å². The maximum atomic E-state index is 15.1. The normalized spacial score (nSPS) is 14.5. The summed E-state index contributed by atoms with van der Waals surface area (Å²) < 4.78 is 53.3. The number of carbonyl (C=O) groups is 1. The van der Waals surface area contributed by atoms with Gasteiger partial charge in [-0.2, -0.15) is 0 Å². The van der Waals surface area contributed by atoms with Crippen LogP contribution < -0.4 is 14.2 Å². The largest absolute Gasteiger partial charge is 0.490 e. The van der Waals surface area contributed by atoms with Gasteiger partial charge in [0.1, 0.15) is 24.7 Å². The molecule has 0 bridgehead atoms. The molecule has 6 nitrogen and oxygen atoms in total. The Bertz CT molecular complexity index is 1360. The lowest BCUT2D eigenvalue weighted by Crippen LogP contribution is -2.26. The minimum Gasteiger partial charge on any atom is -0.490 e. The third-order valence-electron chi connectivity index (χ3n) is 8.74. The lowest BCUT2D eigenvalue weighted by molar-refractivity contribution is -0.106. The zero-order valence-electron chi connectivity index (χ0n) is 28.5. The van der Waals surface area contributed by atoms with Crippen molar-refractivity contribution in [3.63, 3.8) is 0 Å². The van der Waals surface area contributed by atoms with Gasteiger partial charge in [0.2, 0.25) is 0 Å². The summed E-state index contributed by atoms with van der Waals surface area (Å²) in [7, 11) is 0. The van der Waals surface area contributed by atoms with E-state index in [1.54, 1.807) is 12.1 Å². The molecular formula is C40H52F2O6. The van der Waals surface area contributed by atoms with Crippen LogP contribution in [-0.2, 0) is 17.6 Å². The van der Waals surface area contributed by atoms with Crippen LogP contribution in [0.3, 0.4) is 0 Å². The van der Waals surface area contributed by atoms with Crippen LogP contribution in [-0.4, -0.2) is 44.1 Å². The Kier molecular flexibility index (Phi) is 16.2. The maximum Gasteiger partial charge on any atom is 0.199 e. The van der Waals surface area contributed by atoms with Crippen LogP contribution in [0.2, 0.25) is 0 Å². The standard InChI is InChI=1S/C40H52F2O6/c1-2-3-4-5-6-7-8-9-10-14-30-17-19-35(20-18-30)45-23-24-47-40-36(41)27-33(28-37(40)42)32-25-31(15-13-21-43)39(34(26-32)29-44)48-38-16-11-12-22-46-38/h17-20,25-29,38,43H,2-16,21-24H2,1H3. The fourth-order valence-corrected chi connectivity index (χ4v) is 6.06. The van der Waals surface area contributed by atoms with E-state index >= 15 is 8.78 Å². The molecule has 3 aromatic carbocycles. The van der Waals surface area contributed by atoms with Crippen molar-refractivity contribution >= 4 is 6.29 Å². The van der Waals surface area contributed by atoms with Gasteiger partial charge in [-0.1, -0.05) is 70.4 Å². The van der Waals surface area contributed by atoms with Crippen molar-refractivity contribution in [3.05, 3.63) is 76.9 Å². The minimum atomic E-state index is -0.855. The highest BCUT2D eigenvalue weighted by molar-refractivity contribution is 5.84. The molecule has 8 heteroatoms. The quantitative estimate of drug-likeness (QED) is 0.0850. The van der Waals surface area contributed by atoms with Crippen LogP contribution in [0, 0.1) is 11.6 Å². The molecule has 3 aromatic rings. The van der Waals surface area contributed by atoms with Gasteiger partial charge in [-0.05, 0) is 97.2 Å². The molecule has 0 amide bonds. The maximum absolute atomic E-state index is 15.1. The summed E-state index contributed by atoms with van der Waals surface area (Å²) in [5, 5.41) is 9.44. The number of aldehydes is 1. The summed E-state index contributed by atoms with van der Waals surface area (Å²) in [5.41, 5.74) is 2.89. The Labute approximate surface area is 284 Å². The number of ether oxygens (including phenoxy) is 4. The SMILES string of the molecule is CCCCCCCCCCCc1ccc(OCCOc2c(F)cc(-c3cc(C=O)c(OC4CCCCO4)c(CCCO)c3)cc2F)cc1. The number of aliphatic hydroxyl groups is 1. The van der Waals surface area contributed by atoms with Crippen molar-refractivity contribution in [1.82, 2.24) is 0 Å². The Balaban J connectivity index is 1.28. The van der Waals surface area contributed by atoms with Crippen molar-refractivity contribution in [2.75, 3.05) is 26.4 Å². The first-order valence-corrected chi connectivity index (χ1v) is 17.9. The van der Waals surface area contributed by atoms with Crippen LogP contribution in [0.5, 0.6) is 17.2 Å². The van der Waals surface area contributed by atoms with Crippen molar-refractivity contribution < 1.29 is 37.6 Å². The van der Waals surface area contributed by atoms with Gasteiger partial charge in [-0.3, -0.25) is 4.79 Å². The summed E-state index contributed by atoms with van der Waals surface area (Å²) in [6.07, 6.45) is 16.5. The fraction of sp³-hybridized carbons (Fsp3) is 0.525. The topological polar surface area (TPSA) is 74.2 Å². The lowest BCUT2D eigenvalue weighted by Gasteiger charge is -2.26. The molecule has 1 fully saturated rings. The summed E-state index contributed by atoms with van der Waals surface area (Å²) in [6.45, 7) is 2.86. The summed E-state index contributed by atoms with van der Waals surface area (Å²) in [4.78, 5) is 12.1. The molecule has 48 heavy (non-hydrogen) atoms. The molecule has 0 spiro atoms. The second-order valence-corrected chi connectivity index (χ2v) is 12.6. The summed E-state index contributed by atoms with van der Waals surface area (Å²) >= 11 is 0. The van der Waals surface area contributed by atoms with E-state index in [9.17, 15) is 9.90 Å². The summed E-state index contributed by atoms with van der Waals surface area (Å²) in [5.74, 6) is -1.14. The number of hydrogen-bond acceptors (Lipinski definition) is 6. The highest BCUT2D eigenvalue weighted by atomic mass is 19.1. The zero-order chi connectivity index (χ0) is 34.0. The smallest absolute Gasteiger partial charge is 0.199 e. The molecule has 0 aliphatic carbocycles. The molecule has 1 N–H and O–H groups in total. The van der Waals surface area contributed by atoms with E-state index in [0.29, 0.717) is 54.8 Å². The fourth-order valence-electron chi connectivity index (χ4n) is 6.06. The zero-order valence-corrected chi connectivity index (χ0v) is 28.5. The van der Waals surface area contributed by atoms with Gasteiger partial charge in [-0.15, -0.1) is 0 Å². The first-order chi connectivity index (χ1) is 23.5. The van der Waals surface area contributed by atoms with Crippen LogP contribution in [0.25, 0.3) is 11.1 Å². The third-order valence-corrected chi connectivity index (χ3v) is 8.74. The van der Waals surface area contributed by atoms with Crippen LogP contribution in [0.1, 0.15) is 112 Å². The second kappa shape index (κ2) is 20.8. The molecule has 1 heterocycles. The van der Waals surface area contributed by atoms with E-state index in [4.69, 9.17) is 18.9 Å². The monoisotopic (exact) mass is 666 g/mol. The molecule has 1 aliphatic heterocycles. The molecule has 1 saturated heterocycles. The predicted molar refractivity (Wildman–Crippen MR) is 185 cm³/mol. The van der Waals surface area contributed by atoms with Crippen molar-refractivity contribution in [3.8, 4) is 28.4 Å². The average molecular weight is 667 g/mol. The van der Waals surface area contributed by atoms with Crippen molar-refractivity contribution in [1.29, 1.82) is 0 Å². The van der Waals surface area contributed by atoms with Crippen LogP contribution >= 0.6 is 0 Å². The molecule has 0 aromatic heterocycles. The molecular weight excluding hydrogens is 614 g/mol.